The highest BCUT2D eigenvalue weighted by Crippen LogP contribution is 2.33. The monoisotopic (exact) mass is 376 g/mol. The largest absolute Gasteiger partial charge is 0.296 e. The van der Waals surface area contributed by atoms with Crippen LogP contribution in [0, 0.1) is 16.7 Å². The Morgan fingerprint density at radius 1 is 0.714 bits per heavy atom. The first-order valence-electron chi connectivity index (χ1n) is 9.18. The molecule has 0 aromatic heterocycles. The summed E-state index contributed by atoms with van der Waals surface area (Å²) in [6.07, 6.45) is 0. The standard InChI is InChI=1S/C22H24N4O2/c1-16(2)20-15-21(25(27)23-18-10-6-4-7-11-18)17(3)14-22(20)26(28)24-19-12-8-5-9-13-19/h4-16H,1-3H3,(H,23,27)(H,24,28)/q+2. The molecule has 3 rings (SSSR count). The molecule has 28 heavy (non-hydrogen) atoms. The van der Waals surface area contributed by atoms with Crippen LogP contribution in [0.25, 0.3) is 0 Å². The number of hydrogen-bond donors (Lipinski definition) is 2. The predicted molar refractivity (Wildman–Crippen MR) is 112 cm³/mol. The molecule has 2 N–H and O–H groups in total. The van der Waals surface area contributed by atoms with E-state index in [4.69, 9.17) is 0 Å². The van der Waals surface area contributed by atoms with E-state index < -0.39 is 0 Å². The zero-order chi connectivity index (χ0) is 20.1. The molecule has 6 nitrogen and oxygen atoms in total. The lowest BCUT2D eigenvalue weighted by molar-refractivity contribution is -0.432. The maximum absolute atomic E-state index is 12.8. The molecule has 3 aromatic rings. The predicted octanol–water partition coefficient (Wildman–Crippen LogP) is 5.99. The topological polar surface area (TPSA) is 64.2 Å². The van der Waals surface area contributed by atoms with Gasteiger partial charge >= 0.3 is 0 Å². The van der Waals surface area contributed by atoms with E-state index in [0.717, 1.165) is 15.3 Å². The van der Waals surface area contributed by atoms with E-state index in [1.165, 1.54) is 0 Å². The number of hydrazine groups is 2. The molecule has 0 saturated heterocycles. The molecule has 0 aliphatic carbocycles. The minimum atomic E-state index is 0.0634. The van der Waals surface area contributed by atoms with Crippen LogP contribution in [-0.2, 0) is 0 Å². The van der Waals surface area contributed by atoms with Crippen molar-refractivity contribution in [1.82, 2.24) is 0 Å². The molecular formula is C22H24N4O2+2. The number of nitrogens with one attached hydrogen (secondary N) is 2. The second-order valence-electron chi connectivity index (χ2n) is 6.90. The van der Waals surface area contributed by atoms with Crippen molar-refractivity contribution in [2.24, 2.45) is 0 Å². The van der Waals surface area contributed by atoms with E-state index in [0.29, 0.717) is 28.3 Å². The van der Waals surface area contributed by atoms with E-state index in [1.807, 2.05) is 81.4 Å². The summed E-state index contributed by atoms with van der Waals surface area (Å²) in [7, 11) is 0. The van der Waals surface area contributed by atoms with E-state index in [9.17, 15) is 9.81 Å². The Kier molecular flexibility index (Phi) is 5.79. The van der Waals surface area contributed by atoms with Crippen LogP contribution in [0.5, 0.6) is 0 Å². The molecule has 3 aromatic carbocycles. The summed E-state index contributed by atoms with van der Waals surface area (Å²) in [5.74, 6) is 0.0634. The molecule has 0 spiro atoms. The van der Waals surface area contributed by atoms with Crippen molar-refractivity contribution in [3.8, 4) is 0 Å². The van der Waals surface area contributed by atoms with E-state index in [1.54, 1.807) is 12.1 Å². The van der Waals surface area contributed by atoms with Gasteiger partial charge in [0, 0.05) is 23.3 Å². The molecule has 0 amide bonds. The summed E-state index contributed by atoms with van der Waals surface area (Å²) in [6, 6.07) is 22.0. The molecule has 0 bridgehead atoms. The second kappa shape index (κ2) is 8.43. The summed E-state index contributed by atoms with van der Waals surface area (Å²) >= 11 is 0. The lowest BCUT2D eigenvalue weighted by atomic mass is 9.98. The van der Waals surface area contributed by atoms with Crippen LogP contribution in [0.4, 0.5) is 22.7 Å². The van der Waals surface area contributed by atoms with Gasteiger partial charge in [-0.15, -0.1) is 10.9 Å². The second-order valence-corrected chi connectivity index (χ2v) is 6.90. The van der Waals surface area contributed by atoms with Crippen molar-refractivity contribution in [1.29, 1.82) is 0 Å². The minimum Gasteiger partial charge on any atom is -0.114 e. The van der Waals surface area contributed by atoms with Crippen molar-refractivity contribution in [3.63, 3.8) is 0 Å². The van der Waals surface area contributed by atoms with Crippen LogP contribution >= 0.6 is 0 Å². The molecule has 0 radical (unpaired) electrons. The highest BCUT2D eigenvalue weighted by atomic mass is 16.3. The first-order chi connectivity index (χ1) is 13.5. The molecule has 0 unspecified atom stereocenters. The Balaban J connectivity index is 1.91. The molecule has 6 heteroatoms. The smallest absolute Gasteiger partial charge is 0.114 e. The number of para-hydroxylation sites is 2. The Labute approximate surface area is 164 Å². The maximum atomic E-state index is 12.8. The average molecular weight is 376 g/mol. The third-order valence-corrected chi connectivity index (χ3v) is 4.41. The third kappa shape index (κ3) is 4.40. The van der Waals surface area contributed by atoms with E-state index in [-0.39, 0.29) is 5.92 Å². The van der Waals surface area contributed by atoms with Gasteiger partial charge in [-0.2, -0.15) is 0 Å². The summed E-state index contributed by atoms with van der Waals surface area (Å²) in [6.45, 7) is 5.80. The Morgan fingerprint density at radius 2 is 1.18 bits per heavy atom. The van der Waals surface area contributed by atoms with Gasteiger partial charge < -0.3 is 0 Å². The molecule has 0 aliphatic heterocycles. The zero-order valence-electron chi connectivity index (χ0n) is 16.2. The van der Waals surface area contributed by atoms with Gasteiger partial charge in [0.15, 0.2) is 9.74 Å². The van der Waals surface area contributed by atoms with E-state index in [2.05, 4.69) is 10.9 Å². The fraction of sp³-hybridized carbons (Fsp3) is 0.182. The Bertz CT molecular complexity index is 986. The van der Waals surface area contributed by atoms with Gasteiger partial charge in [-0.1, -0.05) is 50.2 Å². The molecule has 0 heterocycles. The lowest BCUT2D eigenvalue weighted by Gasteiger charge is -2.08. The number of nitroso groups, excluding NO2 is 2. The molecule has 0 fully saturated rings. The number of hydrogen-bond acceptors (Lipinski definition) is 2. The van der Waals surface area contributed by atoms with Crippen LogP contribution in [0.2, 0.25) is 0 Å². The summed E-state index contributed by atoms with van der Waals surface area (Å²) in [4.78, 5) is 26.9. The van der Waals surface area contributed by atoms with Crippen LogP contribution in [0.3, 0.4) is 0 Å². The molecule has 0 aliphatic rings. The first kappa shape index (κ1) is 19.2. The van der Waals surface area contributed by atoms with Crippen molar-refractivity contribution < 1.29 is 9.74 Å². The summed E-state index contributed by atoms with van der Waals surface area (Å²) in [5.41, 5.74) is 9.52. The van der Waals surface area contributed by atoms with Gasteiger partial charge in [0.2, 0.25) is 0 Å². The van der Waals surface area contributed by atoms with Crippen molar-refractivity contribution in [3.05, 3.63) is 93.7 Å². The Morgan fingerprint density at radius 3 is 1.64 bits per heavy atom. The summed E-state index contributed by atoms with van der Waals surface area (Å²) in [5, 5.41) is 0. The van der Waals surface area contributed by atoms with Gasteiger partial charge in [0.25, 0.3) is 11.4 Å². The van der Waals surface area contributed by atoms with Crippen molar-refractivity contribution >= 4 is 22.7 Å². The number of rotatable bonds is 7. The maximum Gasteiger partial charge on any atom is 0.296 e. The Hall–Kier alpha value is -3.54. The van der Waals surface area contributed by atoms with Gasteiger partial charge in [0.05, 0.1) is 9.81 Å². The van der Waals surface area contributed by atoms with Crippen LogP contribution in [0.15, 0.2) is 72.8 Å². The molecule has 0 atom stereocenters. The average Bonchev–Trinajstić information content (AvgIpc) is 2.69. The molecular weight excluding hydrogens is 352 g/mol. The quantitative estimate of drug-likeness (QED) is 0.392. The molecule has 142 valence electrons. The molecule has 0 saturated carbocycles. The van der Waals surface area contributed by atoms with E-state index >= 15 is 0 Å². The zero-order valence-corrected chi connectivity index (χ0v) is 16.2. The fourth-order valence-corrected chi connectivity index (χ4v) is 2.93. The van der Waals surface area contributed by atoms with Crippen LogP contribution in [0.1, 0.15) is 30.9 Å². The van der Waals surface area contributed by atoms with Gasteiger partial charge in [-0.05, 0) is 37.1 Å². The normalized spacial score (nSPS) is 10.6. The SMILES string of the molecule is Cc1cc([N+](=O)Nc2ccccc2)c(C(C)C)cc1[N+](=O)Nc1ccccc1. The highest BCUT2D eigenvalue weighted by Gasteiger charge is 2.29. The number of benzene rings is 3. The number of anilines is 2. The van der Waals surface area contributed by atoms with Crippen molar-refractivity contribution in [2.75, 3.05) is 10.9 Å². The van der Waals surface area contributed by atoms with Crippen LogP contribution < -0.4 is 10.9 Å². The first-order valence-corrected chi connectivity index (χ1v) is 9.18. The number of aryl methyl sites for hydroxylation is 1. The third-order valence-electron chi connectivity index (χ3n) is 4.41. The highest BCUT2D eigenvalue weighted by molar-refractivity contribution is 5.55. The summed E-state index contributed by atoms with van der Waals surface area (Å²) < 4.78 is 0. The van der Waals surface area contributed by atoms with Gasteiger partial charge in [-0.3, -0.25) is 0 Å². The fourth-order valence-electron chi connectivity index (χ4n) is 2.93. The van der Waals surface area contributed by atoms with Gasteiger partial charge in [0.1, 0.15) is 11.4 Å². The number of nitrogens with zero attached hydrogens (tertiary/aromatic N) is 2. The van der Waals surface area contributed by atoms with Crippen molar-refractivity contribution in [2.45, 2.75) is 26.7 Å². The minimum absolute atomic E-state index is 0.0634. The van der Waals surface area contributed by atoms with Gasteiger partial charge in [-0.25, -0.2) is 0 Å². The van der Waals surface area contributed by atoms with Crippen LogP contribution in [-0.4, -0.2) is 9.74 Å². The lowest BCUT2D eigenvalue weighted by Crippen LogP contribution is -2.15.